The van der Waals surface area contributed by atoms with E-state index in [1.807, 2.05) is 14.1 Å². The van der Waals surface area contributed by atoms with Crippen molar-refractivity contribution in [1.29, 1.82) is 0 Å². The molecule has 0 saturated heterocycles. The van der Waals surface area contributed by atoms with Gasteiger partial charge in [-0.2, -0.15) is 0 Å². The van der Waals surface area contributed by atoms with Crippen LogP contribution in [0.1, 0.15) is 49.8 Å². The predicted molar refractivity (Wildman–Crippen MR) is 78.4 cm³/mol. The Hall–Kier alpha value is -1.35. The van der Waals surface area contributed by atoms with Crippen LogP contribution in [0.5, 0.6) is 0 Å². The summed E-state index contributed by atoms with van der Waals surface area (Å²) in [6, 6.07) is 9.03. The summed E-state index contributed by atoms with van der Waals surface area (Å²) >= 11 is 0. The molecule has 0 aliphatic heterocycles. The molecule has 0 heterocycles. The lowest BCUT2D eigenvalue weighted by Crippen LogP contribution is -2.20. The van der Waals surface area contributed by atoms with Crippen molar-refractivity contribution in [3.8, 4) is 0 Å². The van der Waals surface area contributed by atoms with Gasteiger partial charge in [0.05, 0.1) is 0 Å². The molecule has 0 aromatic heterocycles. The van der Waals surface area contributed by atoms with Gasteiger partial charge >= 0.3 is 5.97 Å². The second-order valence-corrected chi connectivity index (χ2v) is 5.26. The minimum Gasteiger partial charge on any atom is -0.481 e. The molecule has 1 atom stereocenters. The Morgan fingerprint density at radius 1 is 1.26 bits per heavy atom. The fourth-order valence-corrected chi connectivity index (χ4v) is 2.36. The number of rotatable bonds is 8. The van der Waals surface area contributed by atoms with Crippen molar-refractivity contribution < 1.29 is 9.90 Å². The molecule has 1 N–H and O–H groups in total. The normalized spacial score (nSPS) is 12.6. The first-order valence-electron chi connectivity index (χ1n) is 7.01. The van der Waals surface area contributed by atoms with E-state index in [1.165, 1.54) is 11.1 Å². The van der Waals surface area contributed by atoms with Crippen molar-refractivity contribution in [3.05, 3.63) is 35.4 Å². The molecule has 1 rings (SSSR count). The smallest absolute Gasteiger partial charge is 0.303 e. The Kier molecular flexibility index (Phi) is 6.57. The van der Waals surface area contributed by atoms with E-state index < -0.39 is 5.97 Å². The number of aryl methyl sites for hydroxylation is 1. The van der Waals surface area contributed by atoms with Crippen molar-refractivity contribution in [2.45, 2.75) is 45.1 Å². The van der Waals surface area contributed by atoms with Gasteiger partial charge in [-0.3, -0.25) is 4.79 Å². The Balaban J connectivity index is 2.67. The van der Waals surface area contributed by atoms with E-state index in [4.69, 9.17) is 5.11 Å². The Morgan fingerprint density at radius 2 is 1.89 bits per heavy atom. The molecule has 1 aromatic rings. The third-order valence-corrected chi connectivity index (χ3v) is 3.39. The van der Waals surface area contributed by atoms with E-state index in [1.54, 1.807) is 0 Å². The van der Waals surface area contributed by atoms with Gasteiger partial charge in [0.15, 0.2) is 0 Å². The van der Waals surface area contributed by atoms with Crippen LogP contribution in [0.25, 0.3) is 0 Å². The van der Waals surface area contributed by atoms with Gasteiger partial charge in [-0.05, 0) is 44.5 Å². The highest BCUT2D eigenvalue weighted by Crippen LogP contribution is 2.24. The summed E-state index contributed by atoms with van der Waals surface area (Å²) in [5, 5.41) is 8.72. The number of carboxylic acids is 1. The van der Waals surface area contributed by atoms with Gasteiger partial charge in [0.25, 0.3) is 0 Å². The summed E-state index contributed by atoms with van der Waals surface area (Å²) in [4.78, 5) is 12.8. The number of aliphatic carboxylic acids is 1. The molecule has 1 unspecified atom stereocenters. The fourth-order valence-electron chi connectivity index (χ4n) is 2.36. The Morgan fingerprint density at radius 3 is 2.37 bits per heavy atom. The summed E-state index contributed by atoms with van der Waals surface area (Å²) in [7, 11) is 4.09. The summed E-state index contributed by atoms with van der Waals surface area (Å²) in [6.07, 6.45) is 4.13. The van der Waals surface area contributed by atoms with E-state index in [-0.39, 0.29) is 6.42 Å². The molecule has 106 valence electrons. The van der Waals surface area contributed by atoms with E-state index in [2.05, 4.69) is 36.1 Å². The van der Waals surface area contributed by atoms with Gasteiger partial charge in [-0.25, -0.2) is 0 Å². The topological polar surface area (TPSA) is 40.5 Å². The van der Waals surface area contributed by atoms with Gasteiger partial charge in [0.1, 0.15) is 0 Å². The molecule has 0 aliphatic rings. The summed E-state index contributed by atoms with van der Waals surface area (Å²) in [6.45, 7) is 2.18. The monoisotopic (exact) mass is 263 g/mol. The van der Waals surface area contributed by atoms with Crippen molar-refractivity contribution in [3.63, 3.8) is 0 Å². The van der Waals surface area contributed by atoms with Gasteiger partial charge in [0.2, 0.25) is 0 Å². The molecule has 0 bridgehead atoms. The largest absolute Gasteiger partial charge is 0.481 e. The van der Waals surface area contributed by atoms with Crippen LogP contribution < -0.4 is 0 Å². The number of hydrogen-bond acceptors (Lipinski definition) is 2. The van der Waals surface area contributed by atoms with Crippen LogP contribution in [0.3, 0.4) is 0 Å². The molecule has 0 aliphatic carbocycles. The quantitative estimate of drug-likeness (QED) is 0.780. The van der Waals surface area contributed by atoms with Crippen LogP contribution in [0, 0.1) is 0 Å². The van der Waals surface area contributed by atoms with Crippen molar-refractivity contribution in [1.82, 2.24) is 4.90 Å². The molecule has 0 spiro atoms. The summed E-state index contributed by atoms with van der Waals surface area (Å²) in [5.41, 5.74) is 2.64. The maximum atomic E-state index is 10.6. The average molecular weight is 263 g/mol. The molecule has 19 heavy (non-hydrogen) atoms. The van der Waals surface area contributed by atoms with Crippen LogP contribution in [-0.4, -0.2) is 30.1 Å². The van der Waals surface area contributed by atoms with Crippen molar-refractivity contribution >= 4 is 5.97 Å². The molecular formula is C16H25NO2. The highest BCUT2D eigenvalue weighted by molar-refractivity contribution is 5.66. The van der Waals surface area contributed by atoms with Crippen LogP contribution in [0.15, 0.2) is 24.3 Å². The first kappa shape index (κ1) is 15.7. The van der Waals surface area contributed by atoms with Crippen molar-refractivity contribution in [2.24, 2.45) is 0 Å². The first-order chi connectivity index (χ1) is 9.04. The van der Waals surface area contributed by atoms with Crippen LogP contribution in [-0.2, 0) is 11.2 Å². The third-order valence-electron chi connectivity index (χ3n) is 3.39. The summed E-state index contributed by atoms with van der Waals surface area (Å²) in [5.74, 6) is -0.712. The van der Waals surface area contributed by atoms with Gasteiger partial charge in [-0.15, -0.1) is 0 Å². The van der Waals surface area contributed by atoms with Gasteiger partial charge in [0, 0.05) is 12.5 Å². The molecule has 3 nitrogen and oxygen atoms in total. The zero-order valence-corrected chi connectivity index (χ0v) is 12.2. The average Bonchev–Trinajstić information content (AvgIpc) is 2.35. The third kappa shape index (κ3) is 5.43. The lowest BCUT2D eigenvalue weighted by Gasteiger charge is -2.24. The molecule has 0 fully saturated rings. The van der Waals surface area contributed by atoms with Gasteiger partial charge < -0.3 is 10.0 Å². The van der Waals surface area contributed by atoms with Crippen LogP contribution in [0.2, 0.25) is 0 Å². The van der Waals surface area contributed by atoms with E-state index in [0.29, 0.717) is 6.04 Å². The minimum absolute atomic E-state index is 0.248. The number of carbonyl (C=O) groups is 1. The molecule has 0 radical (unpaired) electrons. The molecule has 0 amide bonds. The summed E-state index contributed by atoms with van der Waals surface area (Å²) < 4.78 is 0. The van der Waals surface area contributed by atoms with Crippen LogP contribution >= 0.6 is 0 Å². The number of carboxylic acid groups (broad SMARTS) is 1. The first-order valence-corrected chi connectivity index (χ1v) is 7.01. The fraction of sp³-hybridized carbons (Fsp3) is 0.562. The van der Waals surface area contributed by atoms with E-state index in [9.17, 15) is 4.79 Å². The lowest BCUT2D eigenvalue weighted by atomic mass is 9.98. The maximum absolute atomic E-state index is 10.6. The number of nitrogens with zero attached hydrogens (tertiary/aromatic N) is 1. The zero-order chi connectivity index (χ0) is 14.3. The molecule has 1 aromatic carbocycles. The van der Waals surface area contributed by atoms with Gasteiger partial charge in [-0.1, -0.05) is 37.6 Å². The second-order valence-electron chi connectivity index (χ2n) is 5.26. The van der Waals surface area contributed by atoms with Crippen molar-refractivity contribution in [2.75, 3.05) is 14.1 Å². The maximum Gasteiger partial charge on any atom is 0.303 e. The zero-order valence-electron chi connectivity index (χ0n) is 12.2. The lowest BCUT2D eigenvalue weighted by molar-refractivity contribution is -0.137. The van der Waals surface area contributed by atoms with E-state index in [0.717, 1.165) is 25.7 Å². The second kappa shape index (κ2) is 7.95. The molecule has 0 saturated carbocycles. The SMILES string of the molecule is CCCc1ccc(C(CCCC(=O)O)N(C)C)cc1. The predicted octanol–water partition coefficient (Wildman–Crippen LogP) is 3.50. The number of hydrogen-bond donors (Lipinski definition) is 1. The Labute approximate surface area is 116 Å². The van der Waals surface area contributed by atoms with Crippen LogP contribution in [0.4, 0.5) is 0 Å². The minimum atomic E-state index is -0.712. The van der Waals surface area contributed by atoms with E-state index >= 15 is 0 Å². The molecular weight excluding hydrogens is 238 g/mol. The standard InChI is InChI=1S/C16H25NO2/c1-4-6-13-9-11-14(12-10-13)15(17(2)3)7-5-8-16(18)19/h9-12,15H,4-8H2,1-3H3,(H,18,19). The Bertz CT molecular complexity index is 384. The number of benzene rings is 1. The highest BCUT2D eigenvalue weighted by Gasteiger charge is 2.14. The molecule has 3 heteroatoms. The highest BCUT2D eigenvalue weighted by atomic mass is 16.4.